The topological polar surface area (TPSA) is 40.5 Å². The highest BCUT2D eigenvalue weighted by atomic mass is 127. The second kappa shape index (κ2) is 11.9. The van der Waals surface area contributed by atoms with Gasteiger partial charge in [-0.25, -0.2) is 0 Å². The molecule has 0 atom stereocenters. The SMILES string of the molecule is CCCCCCCCc1ccc(CC/C(=C\O)CO)c(I)c1. The predicted octanol–water partition coefficient (Wildman–Crippen LogP) is 5.56. The first-order valence-electron chi connectivity index (χ1n) is 8.41. The van der Waals surface area contributed by atoms with Gasteiger partial charge in [-0.1, -0.05) is 51.2 Å². The van der Waals surface area contributed by atoms with Gasteiger partial charge in [0.05, 0.1) is 12.9 Å². The summed E-state index contributed by atoms with van der Waals surface area (Å²) in [5.74, 6) is 0. The molecule has 0 aliphatic heterocycles. The molecule has 0 aliphatic carbocycles. The Balaban J connectivity index is 2.38. The monoisotopic (exact) mass is 416 g/mol. The molecule has 3 heteroatoms. The first-order chi connectivity index (χ1) is 10.7. The molecule has 0 fully saturated rings. The lowest BCUT2D eigenvalue weighted by molar-refractivity contribution is 0.318. The fraction of sp³-hybridized carbons (Fsp3) is 0.579. The Morgan fingerprint density at radius 2 is 1.82 bits per heavy atom. The van der Waals surface area contributed by atoms with Gasteiger partial charge in [0, 0.05) is 3.57 Å². The molecule has 0 saturated carbocycles. The molecule has 0 spiro atoms. The smallest absolute Gasteiger partial charge is 0.0806 e. The number of hydrogen-bond acceptors (Lipinski definition) is 2. The Morgan fingerprint density at radius 1 is 1.09 bits per heavy atom. The van der Waals surface area contributed by atoms with Gasteiger partial charge in [0.2, 0.25) is 0 Å². The van der Waals surface area contributed by atoms with E-state index in [2.05, 4.69) is 47.7 Å². The summed E-state index contributed by atoms with van der Waals surface area (Å²) in [4.78, 5) is 0. The van der Waals surface area contributed by atoms with Crippen LogP contribution in [0.15, 0.2) is 30.0 Å². The van der Waals surface area contributed by atoms with E-state index in [0.29, 0.717) is 12.0 Å². The van der Waals surface area contributed by atoms with Gasteiger partial charge < -0.3 is 10.2 Å². The highest BCUT2D eigenvalue weighted by Crippen LogP contribution is 2.19. The van der Waals surface area contributed by atoms with Crippen molar-refractivity contribution in [1.29, 1.82) is 0 Å². The van der Waals surface area contributed by atoms with Crippen LogP contribution >= 0.6 is 22.6 Å². The van der Waals surface area contributed by atoms with E-state index >= 15 is 0 Å². The fourth-order valence-corrected chi connectivity index (χ4v) is 3.39. The van der Waals surface area contributed by atoms with Crippen LogP contribution in [-0.2, 0) is 12.8 Å². The highest BCUT2D eigenvalue weighted by molar-refractivity contribution is 14.1. The normalized spacial score (nSPS) is 11.9. The van der Waals surface area contributed by atoms with Gasteiger partial charge >= 0.3 is 0 Å². The van der Waals surface area contributed by atoms with Crippen LogP contribution in [-0.4, -0.2) is 16.8 Å². The molecule has 1 rings (SSSR count). The van der Waals surface area contributed by atoms with Gasteiger partial charge in [-0.05, 0) is 71.0 Å². The molecule has 22 heavy (non-hydrogen) atoms. The summed E-state index contributed by atoms with van der Waals surface area (Å²) < 4.78 is 1.29. The van der Waals surface area contributed by atoms with Gasteiger partial charge in [0.15, 0.2) is 0 Å². The number of rotatable bonds is 11. The zero-order chi connectivity index (χ0) is 16.2. The Kier molecular flexibility index (Phi) is 10.6. The van der Waals surface area contributed by atoms with Crippen molar-refractivity contribution >= 4 is 22.6 Å². The van der Waals surface area contributed by atoms with Crippen molar-refractivity contribution in [2.24, 2.45) is 0 Å². The molecule has 0 unspecified atom stereocenters. The molecule has 0 saturated heterocycles. The standard InChI is InChI=1S/C19H29IO2/c1-2-3-4-5-6-7-8-16-9-11-18(19(20)13-16)12-10-17(14-21)15-22/h9,11,13-14,21-22H,2-8,10,12,15H2,1H3/b17-14+. The van der Waals surface area contributed by atoms with Crippen molar-refractivity contribution < 1.29 is 10.2 Å². The maximum Gasteiger partial charge on any atom is 0.0806 e. The minimum absolute atomic E-state index is 0.0663. The highest BCUT2D eigenvalue weighted by Gasteiger charge is 2.04. The zero-order valence-electron chi connectivity index (χ0n) is 13.7. The van der Waals surface area contributed by atoms with Gasteiger partial charge in [-0.15, -0.1) is 0 Å². The summed E-state index contributed by atoms with van der Waals surface area (Å²) in [5, 5.41) is 18.0. The van der Waals surface area contributed by atoms with Crippen molar-refractivity contribution in [3.05, 3.63) is 44.7 Å². The Hall–Kier alpha value is -0.550. The summed E-state index contributed by atoms with van der Waals surface area (Å²) in [5.41, 5.74) is 3.40. The van der Waals surface area contributed by atoms with Gasteiger partial charge in [0.25, 0.3) is 0 Å². The van der Waals surface area contributed by atoms with Crippen LogP contribution in [0.4, 0.5) is 0 Å². The van der Waals surface area contributed by atoms with Crippen LogP contribution in [0.1, 0.15) is 63.0 Å². The lowest BCUT2D eigenvalue weighted by atomic mass is 10.0. The number of aryl methyl sites for hydroxylation is 2. The Morgan fingerprint density at radius 3 is 2.45 bits per heavy atom. The van der Waals surface area contributed by atoms with E-state index in [1.165, 1.54) is 59.6 Å². The maximum atomic E-state index is 9.06. The summed E-state index contributed by atoms with van der Waals surface area (Å²) in [6.07, 6.45) is 11.8. The number of hydrogen-bond donors (Lipinski definition) is 2. The third-order valence-electron chi connectivity index (χ3n) is 4.04. The van der Waals surface area contributed by atoms with E-state index in [9.17, 15) is 0 Å². The van der Waals surface area contributed by atoms with E-state index in [0.717, 1.165) is 12.7 Å². The molecule has 0 heterocycles. The number of aliphatic hydroxyl groups is 2. The second-order valence-electron chi connectivity index (χ2n) is 5.89. The summed E-state index contributed by atoms with van der Waals surface area (Å²) in [6, 6.07) is 6.70. The third-order valence-corrected chi connectivity index (χ3v) is 5.04. The van der Waals surface area contributed by atoms with Gasteiger partial charge in [-0.3, -0.25) is 0 Å². The predicted molar refractivity (Wildman–Crippen MR) is 102 cm³/mol. The van der Waals surface area contributed by atoms with Crippen LogP contribution in [0.3, 0.4) is 0 Å². The molecule has 0 bridgehead atoms. The fourth-order valence-electron chi connectivity index (χ4n) is 2.54. The molecular formula is C19H29IO2. The van der Waals surface area contributed by atoms with Crippen LogP contribution in [0, 0.1) is 3.57 Å². The summed E-state index contributed by atoms with van der Waals surface area (Å²) in [6.45, 7) is 2.19. The van der Waals surface area contributed by atoms with Crippen LogP contribution < -0.4 is 0 Å². The Bertz CT molecular complexity index is 455. The number of halogens is 1. The van der Waals surface area contributed by atoms with Crippen molar-refractivity contribution in [3.63, 3.8) is 0 Å². The number of unbranched alkanes of at least 4 members (excludes halogenated alkanes) is 5. The number of benzene rings is 1. The van der Waals surface area contributed by atoms with Gasteiger partial charge in [0.1, 0.15) is 0 Å². The quantitative estimate of drug-likeness (QED) is 0.282. The molecule has 0 amide bonds. The molecule has 0 radical (unpaired) electrons. The van der Waals surface area contributed by atoms with E-state index < -0.39 is 0 Å². The van der Waals surface area contributed by atoms with Crippen molar-refractivity contribution in [3.8, 4) is 0 Å². The first kappa shape index (κ1) is 19.5. The van der Waals surface area contributed by atoms with Crippen LogP contribution in [0.25, 0.3) is 0 Å². The molecule has 2 N–H and O–H groups in total. The van der Waals surface area contributed by atoms with E-state index in [1.54, 1.807) is 0 Å². The second-order valence-corrected chi connectivity index (χ2v) is 7.05. The lowest BCUT2D eigenvalue weighted by Gasteiger charge is -2.08. The third kappa shape index (κ3) is 7.63. The van der Waals surface area contributed by atoms with Crippen molar-refractivity contribution in [2.75, 3.05) is 6.61 Å². The van der Waals surface area contributed by atoms with E-state index in [4.69, 9.17) is 10.2 Å². The van der Waals surface area contributed by atoms with E-state index in [1.807, 2.05) is 0 Å². The maximum absolute atomic E-state index is 9.06. The molecule has 0 aliphatic rings. The molecule has 2 nitrogen and oxygen atoms in total. The largest absolute Gasteiger partial charge is 0.516 e. The van der Waals surface area contributed by atoms with Crippen molar-refractivity contribution in [1.82, 2.24) is 0 Å². The molecule has 1 aromatic rings. The zero-order valence-corrected chi connectivity index (χ0v) is 15.8. The minimum Gasteiger partial charge on any atom is -0.516 e. The van der Waals surface area contributed by atoms with E-state index in [-0.39, 0.29) is 6.61 Å². The van der Waals surface area contributed by atoms with Crippen LogP contribution in [0.2, 0.25) is 0 Å². The Labute approximate surface area is 148 Å². The molecule has 124 valence electrons. The molecule has 0 aromatic heterocycles. The van der Waals surface area contributed by atoms with Crippen LogP contribution in [0.5, 0.6) is 0 Å². The first-order valence-corrected chi connectivity index (χ1v) is 9.49. The molecule has 1 aromatic carbocycles. The van der Waals surface area contributed by atoms with Gasteiger partial charge in [-0.2, -0.15) is 0 Å². The number of aliphatic hydroxyl groups excluding tert-OH is 2. The molecular weight excluding hydrogens is 387 g/mol. The average Bonchev–Trinajstić information content (AvgIpc) is 2.53. The average molecular weight is 416 g/mol. The van der Waals surface area contributed by atoms with Crippen molar-refractivity contribution in [2.45, 2.75) is 64.7 Å². The summed E-state index contributed by atoms with van der Waals surface area (Å²) >= 11 is 2.39. The summed E-state index contributed by atoms with van der Waals surface area (Å²) in [7, 11) is 0. The minimum atomic E-state index is -0.0663. The lowest BCUT2D eigenvalue weighted by Crippen LogP contribution is -1.97.